The number of benzene rings is 1. The molecule has 1 aromatic rings. The third kappa shape index (κ3) is 3.61. The molecule has 0 aliphatic rings. The lowest BCUT2D eigenvalue weighted by molar-refractivity contribution is -0.139. The van der Waals surface area contributed by atoms with Gasteiger partial charge in [0.2, 0.25) is 0 Å². The summed E-state index contributed by atoms with van der Waals surface area (Å²) in [7, 11) is 5.05. The van der Waals surface area contributed by atoms with E-state index in [1.54, 1.807) is 14.2 Å². The highest BCUT2D eigenvalue weighted by molar-refractivity contribution is 9.10. The Morgan fingerprint density at radius 2 is 2.28 bits per heavy atom. The summed E-state index contributed by atoms with van der Waals surface area (Å²) in [5, 5.41) is 11.8. The van der Waals surface area contributed by atoms with Crippen molar-refractivity contribution in [1.82, 2.24) is 5.32 Å². The summed E-state index contributed by atoms with van der Waals surface area (Å²) < 4.78 is 6.18. The number of ether oxygens (including phenoxy) is 1. The van der Waals surface area contributed by atoms with E-state index in [0.717, 1.165) is 10.2 Å². The molecule has 6 heteroatoms. The Morgan fingerprint density at radius 1 is 1.61 bits per heavy atom. The van der Waals surface area contributed by atoms with Crippen molar-refractivity contribution in [2.45, 2.75) is 6.04 Å². The number of carboxylic acid groups (broad SMARTS) is 1. The molecule has 100 valence electrons. The number of carbonyl (C=O) groups is 1. The van der Waals surface area contributed by atoms with Crippen LogP contribution in [0.3, 0.4) is 0 Å². The molecule has 0 amide bonds. The molecule has 1 rings (SSSR count). The first kappa shape index (κ1) is 14.8. The molecule has 0 radical (unpaired) electrons. The van der Waals surface area contributed by atoms with Gasteiger partial charge in [-0.15, -0.1) is 0 Å². The van der Waals surface area contributed by atoms with E-state index in [1.165, 1.54) is 0 Å². The van der Waals surface area contributed by atoms with E-state index in [4.69, 9.17) is 9.84 Å². The topological polar surface area (TPSA) is 61.8 Å². The maximum Gasteiger partial charge on any atom is 0.322 e. The molecule has 0 heterocycles. The SMILES string of the molecule is CNC(CN(C)c1cc(Br)ccc1OC)C(=O)O. The Kier molecular flexibility index (Phi) is 5.43. The first-order valence-electron chi connectivity index (χ1n) is 5.44. The number of nitrogens with zero attached hydrogens (tertiary/aromatic N) is 1. The summed E-state index contributed by atoms with van der Waals surface area (Å²) in [6, 6.07) is 4.99. The quantitative estimate of drug-likeness (QED) is 0.834. The minimum atomic E-state index is -0.877. The van der Waals surface area contributed by atoms with Gasteiger partial charge in [-0.05, 0) is 25.2 Å². The van der Waals surface area contributed by atoms with Gasteiger partial charge in [0, 0.05) is 18.1 Å². The lowest BCUT2D eigenvalue weighted by Crippen LogP contribution is -2.43. The molecule has 0 fully saturated rings. The zero-order chi connectivity index (χ0) is 13.7. The van der Waals surface area contributed by atoms with E-state index >= 15 is 0 Å². The van der Waals surface area contributed by atoms with Crippen molar-refractivity contribution >= 4 is 27.6 Å². The highest BCUT2D eigenvalue weighted by Crippen LogP contribution is 2.30. The van der Waals surface area contributed by atoms with Crippen LogP contribution >= 0.6 is 15.9 Å². The van der Waals surface area contributed by atoms with Gasteiger partial charge in [-0.1, -0.05) is 15.9 Å². The zero-order valence-electron chi connectivity index (χ0n) is 10.6. The Hall–Kier alpha value is -1.27. The van der Waals surface area contributed by atoms with Gasteiger partial charge in [0.15, 0.2) is 0 Å². The van der Waals surface area contributed by atoms with Crippen LogP contribution in [0.15, 0.2) is 22.7 Å². The molecule has 0 aromatic heterocycles. The monoisotopic (exact) mass is 316 g/mol. The molecule has 5 nitrogen and oxygen atoms in total. The molecule has 18 heavy (non-hydrogen) atoms. The van der Waals surface area contributed by atoms with Crippen LogP contribution < -0.4 is 15.0 Å². The third-order valence-electron chi connectivity index (χ3n) is 2.66. The van der Waals surface area contributed by atoms with Crippen LogP contribution in [-0.4, -0.2) is 44.9 Å². The first-order valence-corrected chi connectivity index (χ1v) is 6.23. The number of hydrogen-bond acceptors (Lipinski definition) is 4. The van der Waals surface area contributed by atoms with Crippen LogP contribution in [0.5, 0.6) is 5.75 Å². The van der Waals surface area contributed by atoms with E-state index < -0.39 is 12.0 Å². The Labute approximate surface area is 115 Å². The number of halogens is 1. The number of likely N-dealkylation sites (N-methyl/N-ethyl adjacent to an activating group) is 2. The van der Waals surface area contributed by atoms with Crippen LogP contribution in [0.1, 0.15) is 0 Å². The molecule has 0 saturated carbocycles. The minimum absolute atomic E-state index is 0.346. The van der Waals surface area contributed by atoms with Gasteiger partial charge in [0.1, 0.15) is 11.8 Å². The summed E-state index contributed by atoms with van der Waals surface area (Å²) in [6.07, 6.45) is 0. The molecular weight excluding hydrogens is 300 g/mol. The van der Waals surface area contributed by atoms with Gasteiger partial charge < -0.3 is 20.1 Å². The molecule has 0 bridgehead atoms. The number of carboxylic acids is 1. The fourth-order valence-electron chi connectivity index (χ4n) is 1.63. The summed E-state index contributed by atoms with van der Waals surface area (Å²) in [6.45, 7) is 0.346. The zero-order valence-corrected chi connectivity index (χ0v) is 12.2. The van der Waals surface area contributed by atoms with E-state index in [2.05, 4.69) is 21.2 Å². The highest BCUT2D eigenvalue weighted by atomic mass is 79.9. The van der Waals surface area contributed by atoms with Crippen LogP contribution in [0.2, 0.25) is 0 Å². The second-order valence-electron chi connectivity index (χ2n) is 3.88. The van der Waals surface area contributed by atoms with Crippen molar-refractivity contribution in [3.05, 3.63) is 22.7 Å². The molecule has 0 aliphatic heterocycles. The van der Waals surface area contributed by atoms with Crippen molar-refractivity contribution in [2.75, 3.05) is 32.6 Å². The first-order chi connectivity index (χ1) is 8.49. The molecular formula is C12H17BrN2O3. The average molecular weight is 317 g/mol. The van der Waals surface area contributed by atoms with Crippen molar-refractivity contribution < 1.29 is 14.6 Å². The molecule has 0 saturated heterocycles. The number of methoxy groups -OCH3 is 1. The fraction of sp³-hybridized carbons (Fsp3) is 0.417. The molecule has 2 N–H and O–H groups in total. The number of hydrogen-bond donors (Lipinski definition) is 2. The fourth-order valence-corrected chi connectivity index (χ4v) is 1.98. The van der Waals surface area contributed by atoms with Gasteiger partial charge in [-0.25, -0.2) is 0 Å². The number of anilines is 1. The minimum Gasteiger partial charge on any atom is -0.495 e. The van der Waals surface area contributed by atoms with Crippen LogP contribution in [0.4, 0.5) is 5.69 Å². The smallest absolute Gasteiger partial charge is 0.322 e. The maximum absolute atomic E-state index is 11.0. The predicted octanol–water partition coefficient (Wildman–Crippen LogP) is 1.57. The molecule has 1 aromatic carbocycles. The van der Waals surface area contributed by atoms with E-state index in [1.807, 2.05) is 30.1 Å². The van der Waals surface area contributed by atoms with Gasteiger partial charge in [0.25, 0.3) is 0 Å². The molecule has 0 spiro atoms. The normalized spacial score (nSPS) is 12.0. The molecule has 1 atom stereocenters. The largest absolute Gasteiger partial charge is 0.495 e. The van der Waals surface area contributed by atoms with E-state index in [0.29, 0.717) is 12.3 Å². The Bertz CT molecular complexity index is 426. The molecule has 1 unspecified atom stereocenters. The van der Waals surface area contributed by atoms with Crippen LogP contribution in [0.25, 0.3) is 0 Å². The van der Waals surface area contributed by atoms with E-state index in [-0.39, 0.29) is 0 Å². The molecule has 0 aliphatic carbocycles. The summed E-state index contributed by atoms with van der Waals surface area (Å²) in [5.74, 6) is -0.167. The third-order valence-corrected chi connectivity index (χ3v) is 3.15. The maximum atomic E-state index is 11.0. The lowest BCUT2D eigenvalue weighted by Gasteiger charge is -2.25. The van der Waals surface area contributed by atoms with Gasteiger partial charge >= 0.3 is 5.97 Å². The van der Waals surface area contributed by atoms with E-state index in [9.17, 15) is 4.79 Å². The number of aliphatic carboxylic acids is 1. The highest BCUT2D eigenvalue weighted by Gasteiger charge is 2.19. The van der Waals surface area contributed by atoms with Crippen molar-refractivity contribution in [2.24, 2.45) is 0 Å². The van der Waals surface area contributed by atoms with Crippen molar-refractivity contribution in [3.8, 4) is 5.75 Å². The standard InChI is InChI=1S/C12H17BrN2O3/c1-14-9(12(16)17)7-15(2)10-6-8(13)4-5-11(10)18-3/h4-6,9,14H,7H2,1-3H3,(H,16,17). The van der Waals surface area contributed by atoms with Gasteiger partial charge in [-0.3, -0.25) is 4.79 Å². The number of rotatable bonds is 6. The van der Waals surface area contributed by atoms with Gasteiger partial charge in [0.05, 0.1) is 12.8 Å². The second kappa shape index (κ2) is 6.61. The predicted molar refractivity (Wildman–Crippen MR) is 74.4 cm³/mol. The van der Waals surface area contributed by atoms with Crippen LogP contribution in [-0.2, 0) is 4.79 Å². The lowest BCUT2D eigenvalue weighted by atomic mass is 10.2. The van der Waals surface area contributed by atoms with Crippen molar-refractivity contribution in [1.29, 1.82) is 0 Å². The van der Waals surface area contributed by atoms with Gasteiger partial charge in [-0.2, -0.15) is 0 Å². The second-order valence-corrected chi connectivity index (χ2v) is 4.79. The van der Waals surface area contributed by atoms with Crippen LogP contribution in [0, 0.1) is 0 Å². The summed E-state index contributed by atoms with van der Waals surface area (Å²) >= 11 is 3.39. The number of nitrogens with one attached hydrogen (secondary N) is 1. The average Bonchev–Trinajstić information content (AvgIpc) is 2.35. The van der Waals surface area contributed by atoms with Crippen molar-refractivity contribution in [3.63, 3.8) is 0 Å². The summed E-state index contributed by atoms with van der Waals surface area (Å²) in [5.41, 5.74) is 0.841. The Morgan fingerprint density at radius 3 is 2.78 bits per heavy atom. The Balaban J connectivity index is 2.92. The summed E-state index contributed by atoms with van der Waals surface area (Å²) in [4.78, 5) is 12.8.